The molecule has 0 heterocycles. The van der Waals surface area contributed by atoms with Gasteiger partial charge in [-0.3, -0.25) is 4.79 Å². The molecule has 1 fully saturated rings. The van der Waals surface area contributed by atoms with E-state index in [1.165, 1.54) is 0 Å². The second-order valence-electron chi connectivity index (χ2n) is 6.88. The number of esters is 1. The number of amides is 1. The third-order valence-electron chi connectivity index (χ3n) is 3.74. The molecule has 2 atom stereocenters. The van der Waals surface area contributed by atoms with Crippen LogP contribution in [0, 0.1) is 5.92 Å². The molecule has 0 bridgehead atoms. The lowest BCUT2D eigenvalue weighted by molar-refractivity contribution is -0.160. The van der Waals surface area contributed by atoms with E-state index in [1.807, 2.05) is 51.1 Å². The predicted molar refractivity (Wildman–Crippen MR) is 86.7 cm³/mol. The predicted octanol–water partition coefficient (Wildman–Crippen LogP) is 3.42. The molecule has 0 saturated heterocycles. The number of ether oxygens (including phenoxy) is 2. The molecule has 2 rings (SSSR count). The van der Waals surface area contributed by atoms with Crippen molar-refractivity contribution in [3.63, 3.8) is 0 Å². The lowest BCUT2D eigenvalue weighted by Gasteiger charge is -2.25. The first-order valence-electron chi connectivity index (χ1n) is 8.05. The fraction of sp³-hybridized carbons (Fsp3) is 0.556. The molecular weight excluding hydrogens is 294 g/mol. The number of alkyl carbamates (subject to hydrolysis) is 1. The molecule has 1 aromatic rings. The summed E-state index contributed by atoms with van der Waals surface area (Å²) in [5.41, 5.74) is 0.413. The van der Waals surface area contributed by atoms with E-state index in [9.17, 15) is 9.59 Å². The Bertz CT molecular complexity index is 536. The average Bonchev–Trinajstić information content (AvgIpc) is 2.93. The smallest absolute Gasteiger partial charge is 0.407 e. The van der Waals surface area contributed by atoms with Gasteiger partial charge in [0.05, 0.1) is 5.92 Å². The first-order valence-corrected chi connectivity index (χ1v) is 8.05. The zero-order valence-electron chi connectivity index (χ0n) is 14.0. The number of benzene rings is 1. The van der Waals surface area contributed by atoms with Crippen LogP contribution in [0.1, 0.15) is 45.6 Å². The van der Waals surface area contributed by atoms with E-state index in [2.05, 4.69) is 5.32 Å². The molecule has 23 heavy (non-hydrogen) atoms. The molecule has 126 valence electrons. The van der Waals surface area contributed by atoms with E-state index in [0.717, 1.165) is 24.8 Å². The molecule has 0 unspecified atom stereocenters. The summed E-state index contributed by atoms with van der Waals surface area (Å²) in [6, 6.07) is 9.28. The second kappa shape index (κ2) is 7.49. The molecule has 1 aliphatic carbocycles. The average molecular weight is 319 g/mol. The molecule has 1 saturated carbocycles. The van der Waals surface area contributed by atoms with Crippen molar-refractivity contribution in [2.24, 2.45) is 5.92 Å². The first kappa shape index (κ1) is 17.3. The van der Waals surface area contributed by atoms with Crippen molar-refractivity contribution in [2.45, 2.75) is 58.3 Å². The number of hydrogen-bond acceptors (Lipinski definition) is 4. The van der Waals surface area contributed by atoms with E-state index in [-0.39, 0.29) is 24.5 Å². The maximum atomic E-state index is 12.2. The van der Waals surface area contributed by atoms with Crippen LogP contribution in [0.25, 0.3) is 0 Å². The minimum atomic E-state index is -0.516. The Kier molecular flexibility index (Phi) is 5.64. The van der Waals surface area contributed by atoms with Crippen molar-refractivity contribution >= 4 is 12.1 Å². The van der Waals surface area contributed by atoms with Crippen molar-refractivity contribution in [3.8, 4) is 0 Å². The molecule has 1 aliphatic rings. The van der Waals surface area contributed by atoms with Gasteiger partial charge in [-0.25, -0.2) is 4.79 Å². The highest BCUT2D eigenvalue weighted by molar-refractivity contribution is 5.76. The SMILES string of the molecule is CC(C)(C)OC(=O)[C@@H]1CCC[C@@H]1NC(=O)OCc1ccccc1. The van der Waals surface area contributed by atoms with E-state index < -0.39 is 11.7 Å². The minimum Gasteiger partial charge on any atom is -0.460 e. The molecule has 1 amide bonds. The van der Waals surface area contributed by atoms with Crippen molar-refractivity contribution in [1.82, 2.24) is 5.32 Å². The van der Waals surface area contributed by atoms with Gasteiger partial charge in [-0.05, 0) is 39.2 Å². The summed E-state index contributed by atoms with van der Waals surface area (Å²) in [7, 11) is 0. The second-order valence-corrected chi connectivity index (χ2v) is 6.88. The summed E-state index contributed by atoms with van der Waals surface area (Å²) in [6.45, 7) is 5.75. The van der Waals surface area contributed by atoms with Crippen LogP contribution in [-0.4, -0.2) is 23.7 Å². The first-order chi connectivity index (χ1) is 10.8. The Balaban J connectivity index is 1.83. The fourth-order valence-electron chi connectivity index (χ4n) is 2.71. The number of nitrogens with one attached hydrogen (secondary N) is 1. The van der Waals surface area contributed by atoms with Crippen LogP contribution >= 0.6 is 0 Å². The normalized spacial score (nSPS) is 20.8. The van der Waals surface area contributed by atoms with Crippen LogP contribution < -0.4 is 5.32 Å². The molecule has 0 aromatic heterocycles. The Hall–Kier alpha value is -2.04. The van der Waals surface area contributed by atoms with E-state index in [4.69, 9.17) is 9.47 Å². The molecule has 0 aliphatic heterocycles. The largest absolute Gasteiger partial charge is 0.460 e. The van der Waals surface area contributed by atoms with Gasteiger partial charge >= 0.3 is 12.1 Å². The summed E-state index contributed by atoms with van der Waals surface area (Å²) >= 11 is 0. The topological polar surface area (TPSA) is 64.6 Å². The Morgan fingerprint density at radius 2 is 1.87 bits per heavy atom. The number of carbonyl (C=O) groups excluding carboxylic acids is 2. The third-order valence-corrected chi connectivity index (χ3v) is 3.74. The lowest BCUT2D eigenvalue weighted by Crippen LogP contribution is -2.42. The van der Waals surface area contributed by atoms with Gasteiger partial charge in [0.25, 0.3) is 0 Å². The lowest BCUT2D eigenvalue weighted by atomic mass is 10.0. The van der Waals surface area contributed by atoms with Crippen LogP contribution in [-0.2, 0) is 20.9 Å². The summed E-state index contributed by atoms with van der Waals surface area (Å²) < 4.78 is 10.6. The zero-order valence-corrected chi connectivity index (χ0v) is 14.0. The number of carbonyl (C=O) groups is 2. The van der Waals surface area contributed by atoms with Crippen molar-refractivity contribution in [1.29, 1.82) is 0 Å². The van der Waals surface area contributed by atoms with Crippen molar-refractivity contribution < 1.29 is 19.1 Å². The minimum absolute atomic E-state index is 0.215. The van der Waals surface area contributed by atoms with Crippen LogP contribution in [0.5, 0.6) is 0 Å². The maximum absolute atomic E-state index is 12.2. The van der Waals surface area contributed by atoms with E-state index in [1.54, 1.807) is 0 Å². The summed E-state index contributed by atoms with van der Waals surface area (Å²) in [5.74, 6) is -0.540. The quantitative estimate of drug-likeness (QED) is 0.864. The standard InChI is InChI=1S/C18H25NO4/c1-18(2,3)23-16(20)14-10-7-11-15(14)19-17(21)22-12-13-8-5-4-6-9-13/h4-6,8-9,14-15H,7,10-12H2,1-3H3,(H,19,21)/t14-,15+/m1/s1. The number of rotatable bonds is 4. The molecule has 0 radical (unpaired) electrons. The Morgan fingerprint density at radius 1 is 1.17 bits per heavy atom. The summed E-state index contributed by atoms with van der Waals surface area (Å²) in [5, 5.41) is 2.80. The molecule has 1 N–H and O–H groups in total. The molecule has 5 heteroatoms. The van der Waals surface area contributed by atoms with E-state index in [0.29, 0.717) is 0 Å². The van der Waals surface area contributed by atoms with Gasteiger partial charge in [-0.2, -0.15) is 0 Å². The van der Waals surface area contributed by atoms with Crippen molar-refractivity contribution in [3.05, 3.63) is 35.9 Å². The van der Waals surface area contributed by atoms with Crippen LogP contribution in [0.2, 0.25) is 0 Å². The maximum Gasteiger partial charge on any atom is 0.407 e. The van der Waals surface area contributed by atoms with Gasteiger partial charge in [-0.15, -0.1) is 0 Å². The highest BCUT2D eigenvalue weighted by Crippen LogP contribution is 2.28. The highest BCUT2D eigenvalue weighted by Gasteiger charge is 2.37. The van der Waals surface area contributed by atoms with Crippen molar-refractivity contribution in [2.75, 3.05) is 0 Å². The molecule has 0 spiro atoms. The van der Waals surface area contributed by atoms with Gasteiger partial charge in [0.15, 0.2) is 0 Å². The molecular formula is C18H25NO4. The fourth-order valence-corrected chi connectivity index (χ4v) is 2.71. The Morgan fingerprint density at radius 3 is 2.52 bits per heavy atom. The Labute approximate surface area is 137 Å². The van der Waals surface area contributed by atoms with Gasteiger partial charge in [-0.1, -0.05) is 36.8 Å². The summed E-state index contributed by atoms with van der Waals surface area (Å²) in [4.78, 5) is 24.2. The van der Waals surface area contributed by atoms with Gasteiger partial charge in [0.2, 0.25) is 0 Å². The van der Waals surface area contributed by atoms with Gasteiger partial charge in [0.1, 0.15) is 12.2 Å². The van der Waals surface area contributed by atoms with Gasteiger partial charge in [0, 0.05) is 6.04 Å². The van der Waals surface area contributed by atoms with Gasteiger partial charge < -0.3 is 14.8 Å². The number of hydrogen-bond donors (Lipinski definition) is 1. The highest BCUT2D eigenvalue weighted by atomic mass is 16.6. The van der Waals surface area contributed by atoms with Crippen LogP contribution in [0.4, 0.5) is 4.79 Å². The van der Waals surface area contributed by atoms with E-state index >= 15 is 0 Å². The molecule has 5 nitrogen and oxygen atoms in total. The molecule has 1 aromatic carbocycles. The summed E-state index contributed by atoms with van der Waals surface area (Å²) in [6.07, 6.45) is 1.91. The third kappa shape index (κ3) is 5.58. The van der Waals surface area contributed by atoms with Crippen LogP contribution in [0.15, 0.2) is 30.3 Å². The monoisotopic (exact) mass is 319 g/mol. The van der Waals surface area contributed by atoms with Crippen LogP contribution in [0.3, 0.4) is 0 Å². The zero-order chi connectivity index (χ0) is 16.9.